The molecule has 0 atom stereocenters. The Morgan fingerprint density at radius 1 is 1.14 bits per heavy atom. The first-order valence-electron chi connectivity index (χ1n) is 8.54. The molecule has 0 aliphatic carbocycles. The fraction of sp³-hybridized carbons (Fsp3) is 0.211. The van der Waals surface area contributed by atoms with Crippen LogP contribution in [-0.4, -0.2) is 26.6 Å². The third-order valence-electron chi connectivity index (χ3n) is 3.82. The Labute approximate surface area is 172 Å². The lowest BCUT2D eigenvalue weighted by Gasteiger charge is -2.08. The number of carbonyl (C=O) groups is 1. The summed E-state index contributed by atoms with van der Waals surface area (Å²) in [5, 5.41) is 7.01. The predicted octanol–water partition coefficient (Wildman–Crippen LogP) is 3.48. The van der Waals surface area contributed by atoms with E-state index in [-0.39, 0.29) is 17.3 Å². The third kappa shape index (κ3) is 5.96. The first-order valence-corrected chi connectivity index (χ1v) is 12.1. The van der Waals surface area contributed by atoms with E-state index >= 15 is 0 Å². The minimum absolute atomic E-state index is 0.0701. The Kier molecular flexibility index (Phi) is 7.32. The van der Waals surface area contributed by atoms with Crippen LogP contribution in [0.5, 0.6) is 0 Å². The largest absolute Gasteiger partial charge is 0.468 e. The van der Waals surface area contributed by atoms with Crippen LogP contribution in [-0.2, 0) is 22.3 Å². The van der Waals surface area contributed by atoms with Crippen molar-refractivity contribution < 1.29 is 17.6 Å². The molecular weight excluding hydrogens is 416 g/mol. The lowest BCUT2D eigenvalue weighted by molar-refractivity contribution is 0.0956. The lowest BCUT2D eigenvalue weighted by Crippen LogP contribution is -2.26. The number of furan rings is 1. The van der Waals surface area contributed by atoms with E-state index in [0.29, 0.717) is 17.9 Å². The summed E-state index contributed by atoms with van der Waals surface area (Å²) in [6.45, 7) is 0.624. The van der Waals surface area contributed by atoms with E-state index in [1.807, 2.05) is 5.38 Å². The van der Waals surface area contributed by atoms with E-state index in [9.17, 15) is 13.2 Å². The minimum atomic E-state index is -3.67. The van der Waals surface area contributed by atoms with Crippen molar-refractivity contribution in [2.75, 3.05) is 12.3 Å². The maximum Gasteiger partial charge on any atom is 0.251 e. The van der Waals surface area contributed by atoms with E-state index in [1.165, 1.54) is 36.1 Å². The fourth-order valence-corrected chi connectivity index (χ4v) is 4.93. The number of hydrogen-bond acceptors (Lipinski definition) is 6. The highest BCUT2D eigenvalue weighted by Crippen LogP contribution is 2.15. The average molecular weight is 437 g/mol. The Morgan fingerprint density at radius 3 is 2.64 bits per heavy atom. The number of hydrogen-bond donors (Lipinski definition) is 2. The van der Waals surface area contributed by atoms with Crippen LogP contribution in [0.1, 0.15) is 21.7 Å². The molecule has 0 saturated carbocycles. The number of benzene rings is 1. The van der Waals surface area contributed by atoms with Crippen molar-refractivity contribution in [1.29, 1.82) is 0 Å². The molecule has 1 amide bonds. The SMILES string of the molecule is O=C(NCCSCc1ccsc1)c1ccc(S(=O)(=O)NCc2ccco2)cc1. The van der Waals surface area contributed by atoms with Crippen LogP contribution in [0.2, 0.25) is 0 Å². The standard InChI is InChI=1S/C19H20N2O4S3/c22-19(20-8-11-27-14-15-7-10-26-13-15)16-3-5-18(6-4-16)28(23,24)21-12-17-2-1-9-25-17/h1-7,9-10,13,21H,8,11-12,14H2,(H,20,22). The number of thiophene rings is 1. The minimum Gasteiger partial charge on any atom is -0.468 e. The van der Waals surface area contributed by atoms with Gasteiger partial charge in [-0.1, -0.05) is 0 Å². The molecular formula is C19H20N2O4S3. The van der Waals surface area contributed by atoms with Crippen LogP contribution in [0.4, 0.5) is 0 Å². The fourth-order valence-electron chi connectivity index (χ4n) is 2.35. The first kappa shape index (κ1) is 20.7. The van der Waals surface area contributed by atoms with E-state index in [4.69, 9.17) is 4.42 Å². The molecule has 2 aromatic heterocycles. The quantitative estimate of drug-likeness (QED) is 0.475. The second kappa shape index (κ2) is 9.92. The zero-order valence-corrected chi connectivity index (χ0v) is 17.4. The summed E-state index contributed by atoms with van der Waals surface area (Å²) in [5.41, 5.74) is 1.71. The van der Waals surface area contributed by atoms with Crippen LogP contribution in [0.3, 0.4) is 0 Å². The van der Waals surface area contributed by atoms with Crippen LogP contribution in [0.15, 0.2) is 68.8 Å². The number of rotatable bonds is 10. The molecule has 0 spiro atoms. The summed E-state index contributed by atoms with van der Waals surface area (Å²) < 4.78 is 32.2. The second-order valence-corrected chi connectivity index (χ2v) is 9.52. The van der Waals surface area contributed by atoms with Gasteiger partial charge in [-0.15, -0.1) is 0 Å². The molecule has 0 unspecified atom stereocenters. The molecule has 2 heterocycles. The van der Waals surface area contributed by atoms with Crippen molar-refractivity contribution in [3.8, 4) is 0 Å². The molecule has 3 rings (SSSR count). The van der Waals surface area contributed by atoms with Gasteiger partial charge in [-0.2, -0.15) is 23.1 Å². The van der Waals surface area contributed by atoms with Gasteiger partial charge in [-0.25, -0.2) is 13.1 Å². The molecule has 2 N–H and O–H groups in total. The second-order valence-electron chi connectivity index (χ2n) is 5.87. The Bertz CT molecular complexity index is 967. The molecule has 6 nitrogen and oxygen atoms in total. The number of thioether (sulfide) groups is 1. The monoisotopic (exact) mass is 436 g/mol. The van der Waals surface area contributed by atoms with Gasteiger partial charge < -0.3 is 9.73 Å². The molecule has 0 radical (unpaired) electrons. The van der Waals surface area contributed by atoms with Crippen molar-refractivity contribution in [3.63, 3.8) is 0 Å². The molecule has 0 aliphatic rings. The summed E-state index contributed by atoms with van der Waals surface area (Å²) >= 11 is 3.43. The van der Waals surface area contributed by atoms with Crippen molar-refractivity contribution in [2.24, 2.45) is 0 Å². The molecule has 1 aromatic carbocycles. The van der Waals surface area contributed by atoms with Gasteiger partial charge in [0.05, 0.1) is 17.7 Å². The van der Waals surface area contributed by atoms with Gasteiger partial charge in [-0.3, -0.25) is 4.79 Å². The number of carbonyl (C=O) groups excluding carboxylic acids is 1. The Hall–Kier alpha value is -2.07. The summed E-state index contributed by atoms with van der Waals surface area (Å²) in [4.78, 5) is 12.3. The van der Waals surface area contributed by atoms with Crippen molar-refractivity contribution in [3.05, 3.63) is 76.4 Å². The highest BCUT2D eigenvalue weighted by molar-refractivity contribution is 7.98. The predicted molar refractivity (Wildman–Crippen MR) is 112 cm³/mol. The van der Waals surface area contributed by atoms with Crippen LogP contribution in [0, 0.1) is 0 Å². The number of nitrogens with one attached hydrogen (secondary N) is 2. The van der Waals surface area contributed by atoms with Crippen LogP contribution >= 0.6 is 23.1 Å². The topological polar surface area (TPSA) is 88.4 Å². The molecule has 0 fully saturated rings. The van der Waals surface area contributed by atoms with Gasteiger partial charge in [0, 0.05) is 23.6 Å². The zero-order chi connectivity index (χ0) is 19.8. The van der Waals surface area contributed by atoms with Gasteiger partial charge in [-0.05, 0) is 58.8 Å². The number of amides is 1. The van der Waals surface area contributed by atoms with Gasteiger partial charge in [0.2, 0.25) is 10.0 Å². The lowest BCUT2D eigenvalue weighted by atomic mass is 10.2. The summed E-state index contributed by atoms with van der Waals surface area (Å²) in [5.74, 6) is 2.04. The van der Waals surface area contributed by atoms with E-state index < -0.39 is 10.0 Å². The summed E-state index contributed by atoms with van der Waals surface area (Å²) in [6, 6.07) is 11.3. The third-order valence-corrected chi connectivity index (χ3v) is 7.00. The van der Waals surface area contributed by atoms with Crippen molar-refractivity contribution in [1.82, 2.24) is 10.0 Å². The highest BCUT2D eigenvalue weighted by atomic mass is 32.2. The van der Waals surface area contributed by atoms with Crippen LogP contribution < -0.4 is 10.0 Å². The van der Waals surface area contributed by atoms with Crippen molar-refractivity contribution >= 4 is 39.0 Å². The smallest absolute Gasteiger partial charge is 0.251 e. The Morgan fingerprint density at radius 2 is 1.96 bits per heavy atom. The molecule has 28 heavy (non-hydrogen) atoms. The van der Waals surface area contributed by atoms with Gasteiger partial charge in [0.1, 0.15) is 5.76 Å². The molecule has 9 heteroatoms. The van der Waals surface area contributed by atoms with E-state index in [0.717, 1.165) is 11.5 Å². The normalized spacial score (nSPS) is 11.4. The highest BCUT2D eigenvalue weighted by Gasteiger charge is 2.15. The van der Waals surface area contributed by atoms with Gasteiger partial charge in [0.25, 0.3) is 5.91 Å². The molecule has 0 bridgehead atoms. The van der Waals surface area contributed by atoms with Crippen molar-refractivity contribution in [2.45, 2.75) is 17.2 Å². The van der Waals surface area contributed by atoms with Gasteiger partial charge >= 0.3 is 0 Å². The van der Waals surface area contributed by atoms with E-state index in [2.05, 4.69) is 21.5 Å². The van der Waals surface area contributed by atoms with Gasteiger partial charge in [0.15, 0.2) is 0 Å². The Balaban J connectivity index is 1.45. The zero-order valence-electron chi connectivity index (χ0n) is 15.0. The molecule has 0 saturated heterocycles. The summed E-state index contributed by atoms with van der Waals surface area (Å²) in [7, 11) is -3.67. The van der Waals surface area contributed by atoms with E-state index in [1.54, 1.807) is 35.2 Å². The maximum atomic E-state index is 12.3. The molecule has 0 aliphatic heterocycles. The molecule has 3 aromatic rings. The molecule has 148 valence electrons. The number of sulfonamides is 1. The first-order chi connectivity index (χ1) is 13.5. The average Bonchev–Trinajstić information content (AvgIpc) is 3.40. The maximum absolute atomic E-state index is 12.3. The summed E-state index contributed by atoms with van der Waals surface area (Å²) in [6.07, 6.45) is 1.48. The van der Waals surface area contributed by atoms with Crippen LogP contribution in [0.25, 0.3) is 0 Å².